The van der Waals surface area contributed by atoms with Crippen LogP contribution in [0.4, 0.5) is 5.82 Å². The first kappa shape index (κ1) is 20.9. The zero-order valence-electron chi connectivity index (χ0n) is 12.7. The molecule has 0 spiro atoms. The molecule has 0 radical (unpaired) electrons. The summed E-state index contributed by atoms with van der Waals surface area (Å²) < 4.78 is 5.51. The van der Waals surface area contributed by atoms with Crippen molar-refractivity contribution in [3.63, 3.8) is 0 Å². The van der Waals surface area contributed by atoms with Gasteiger partial charge >= 0.3 is 0 Å². The number of morpholine rings is 1. The standard InChI is InChI=1S/C14H22N4O2.2ClH/c1-11-10-18(6-7-20-11)13-3-2-12(8-16-13)9-17-14(19)4-5-15;;/h2-3,8,11H,4-7,9-10,15H2,1H3,(H,17,19);2*1H. The maximum absolute atomic E-state index is 11.3. The Hall–Kier alpha value is -1.08. The van der Waals surface area contributed by atoms with E-state index in [0.717, 1.165) is 31.1 Å². The Labute approximate surface area is 143 Å². The molecule has 1 unspecified atom stereocenters. The van der Waals surface area contributed by atoms with Gasteiger partial charge in [0.05, 0.1) is 12.7 Å². The first-order valence-electron chi connectivity index (χ1n) is 6.97. The van der Waals surface area contributed by atoms with Gasteiger partial charge in [0.2, 0.25) is 5.91 Å². The lowest BCUT2D eigenvalue weighted by Crippen LogP contribution is -2.41. The summed E-state index contributed by atoms with van der Waals surface area (Å²) >= 11 is 0. The van der Waals surface area contributed by atoms with Crippen LogP contribution in [-0.4, -0.2) is 43.2 Å². The van der Waals surface area contributed by atoms with E-state index in [0.29, 0.717) is 19.5 Å². The van der Waals surface area contributed by atoms with Crippen LogP contribution in [0.5, 0.6) is 0 Å². The first-order chi connectivity index (χ1) is 9.69. The minimum atomic E-state index is -0.0291. The fraction of sp³-hybridized carbons (Fsp3) is 0.571. The number of hydrogen-bond donors (Lipinski definition) is 2. The Morgan fingerprint density at radius 3 is 2.86 bits per heavy atom. The summed E-state index contributed by atoms with van der Waals surface area (Å²) in [6.07, 6.45) is 2.40. The molecular formula is C14H24Cl2N4O2. The van der Waals surface area contributed by atoms with Crippen LogP contribution in [0.3, 0.4) is 0 Å². The minimum Gasteiger partial charge on any atom is -0.375 e. The molecule has 1 saturated heterocycles. The lowest BCUT2D eigenvalue weighted by Gasteiger charge is -2.32. The Kier molecular flexibility index (Phi) is 10.1. The van der Waals surface area contributed by atoms with Gasteiger partial charge in [-0.2, -0.15) is 0 Å². The molecule has 3 N–H and O–H groups in total. The average molecular weight is 351 g/mol. The fourth-order valence-electron chi connectivity index (χ4n) is 2.15. The third-order valence-corrected chi connectivity index (χ3v) is 3.24. The van der Waals surface area contributed by atoms with Gasteiger partial charge in [-0.05, 0) is 18.6 Å². The second kappa shape index (κ2) is 10.6. The molecule has 1 aliphatic heterocycles. The largest absolute Gasteiger partial charge is 0.375 e. The van der Waals surface area contributed by atoms with Gasteiger partial charge in [-0.25, -0.2) is 4.98 Å². The Bertz CT molecular complexity index is 445. The van der Waals surface area contributed by atoms with E-state index in [1.165, 1.54) is 0 Å². The zero-order valence-corrected chi connectivity index (χ0v) is 14.3. The van der Waals surface area contributed by atoms with Gasteiger partial charge in [0.1, 0.15) is 5.82 Å². The van der Waals surface area contributed by atoms with Crippen LogP contribution in [0.2, 0.25) is 0 Å². The maximum Gasteiger partial charge on any atom is 0.221 e. The number of nitrogens with one attached hydrogen (secondary N) is 1. The fourth-order valence-corrected chi connectivity index (χ4v) is 2.15. The van der Waals surface area contributed by atoms with E-state index >= 15 is 0 Å². The molecule has 1 atom stereocenters. The van der Waals surface area contributed by atoms with Gasteiger partial charge in [0.25, 0.3) is 0 Å². The summed E-state index contributed by atoms with van der Waals surface area (Å²) in [7, 11) is 0. The summed E-state index contributed by atoms with van der Waals surface area (Å²) in [6, 6.07) is 3.98. The summed E-state index contributed by atoms with van der Waals surface area (Å²) in [5.74, 6) is 0.927. The Balaban J connectivity index is 0.00000220. The first-order valence-corrected chi connectivity index (χ1v) is 6.97. The number of amides is 1. The normalized spacial score (nSPS) is 17.2. The molecule has 1 amide bonds. The third-order valence-electron chi connectivity index (χ3n) is 3.24. The van der Waals surface area contributed by atoms with E-state index < -0.39 is 0 Å². The summed E-state index contributed by atoms with van der Waals surface area (Å²) in [5.41, 5.74) is 6.31. The number of hydrogen-bond acceptors (Lipinski definition) is 5. The lowest BCUT2D eigenvalue weighted by molar-refractivity contribution is -0.121. The highest BCUT2D eigenvalue weighted by Gasteiger charge is 2.17. The second-order valence-electron chi connectivity index (χ2n) is 4.97. The van der Waals surface area contributed by atoms with Crippen LogP contribution in [0.1, 0.15) is 18.9 Å². The minimum absolute atomic E-state index is 0. The van der Waals surface area contributed by atoms with E-state index in [9.17, 15) is 4.79 Å². The molecule has 0 bridgehead atoms. The van der Waals surface area contributed by atoms with Crippen LogP contribution in [0.25, 0.3) is 0 Å². The quantitative estimate of drug-likeness (QED) is 0.831. The van der Waals surface area contributed by atoms with Crippen molar-refractivity contribution in [3.05, 3.63) is 23.9 Å². The van der Waals surface area contributed by atoms with Crippen molar-refractivity contribution in [1.29, 1.82) is 0 Å². The number of halogens is 2. The molecule has 0 saturated carbocycles. The molecule has 2 rings (SSSR count). The molecule has 0 aromatic carbocycles. The molecule has 8 heteroatoms. The number of carbonyl (C=O) groups excluding carboxylic acids is 1. The third kappa shape index (κ3) is 6.36. The molecule has 6 nitrogen and oxygen atoms in total. The second-order valence-corrected chi connectivity index (χ2v) is 4.97. The molecule has 1 aromatic rings. The maximum atomic E-state index is 11.3. The molecule has 0 aliphatic carbocycles. The van der Waals surface area contributed by atoms with Crippen molar-refractivity contribution >= 4 is 36.5 Å². The number of pyridine rings is 1. The van der Waals surface area contributed by atoms with Crippen LogP contribution >= 0.6 is 24.8 Å². The number of carbonyl (C=O) groups is 1. The number of rotatable bonds is 5. The van der Waals surface area contributed by atoms with E-state index in [-0.39, 0.29) is 36.8 Å². The molecule has 126 valence electrons. The SMILES string of the molecule is CC1CN(c2ccc(CNC(=O)CCN)cn2)CCO1.Cl.Cl. The van der Waals surface area contributed by atoms with Crippen LogP contribution in [-0.2, 0) is 16.1 Å². The monoisotopic (exact) mass is 350 g/mol. The summed E-state index contributed by atoms with van der Waals surface area (Å²) in [4.78, 5) is 18.0. The average Bonchev–Trinajstić information content (AvgIpc) is 2.46. The highest BCUT2D eigenvalue weighted by Crippen LogP contribution is 2.15. The number of anilines is 1. The van der Waals surface area contributed by atoms with Gasteiger partial charge in [0.15, 0.2) is 0 Å². The number of aromatic nitrogens is 1. The molecule has 1 aromatic heterocycles. The van der Waals surface area contributed by atoms with Crippen LogP contribution in [0.15, 0.2) is 18.3 Å². The van der Waals surface area contributed by atoms with Crippen molar-refractivity contribution in [1.82, 2.24) is 10.3 Å². The van der Waals surface area contributed by atoms with E-state index in [4.69, 9.17) is 10.5 Å². The summed E-state index contributed by atoms with van der Waals surface area (Å²) in [6.45, 7) is 5.39. The van der Waals surface area contributed by atoms with Crippen LogP contribution < -0.4 is 16.0 Å². The number of ether oxygens (including phenoxy) is 1. The predicted molar refractivity (Wildman–Crippen MR) is 91.9 cm³/mol. The molecule has 2 heterocycles. The number of nitrogens with two attached hydrogens (primary N) is 1. The van der Waals surface area contributed by atoms with E-state index in [1.807, 2.05) is 12.1 Å². The number of nitrogens with zero attached hydrogens (tertiary/aromatic N) is 2. The topological polar surface area (TPSA) is 80.5 Å². The van der Waals surface area contributed by atoms with E-state index in [2.05, 4.69) is 22.1 Å². The molecule has 1 aliphatic rings. The van der Waals surface area contributed by atoms with E-state index in [1.54, 1.807) is 6.20 Å². The predicted octanol–water partition coefficient (Wildman–Crippen LogP) is 1.12. The van der Waals surface area contributed by atoms with Gasteiger partial charge in [-0.15, -0.1) is 24.8 Å². The van der Waals surface area contributed by atoms with Crippen molar-refractivity contribution in [3.8, 4) is 0 Å². The highest BCUT2D eigenvalue weighted by molar-refractivity contribution is 5.85. The Morgan fingerprint density at radius 2 is 2.27 bits per heavy atom. The van der Waals surface area contributed by atoms with Crippen molar-refractivity contribution in [2.24, 2.45) is 5.73 Å². The smallest absolute Gasteiger partial charge is 0.221 e. The van der Waals surface area contributed by atoms with Gasteiger partial charge in [-0.3, -0.25) is 4.79 Å². The molecular weight excluding hydrogens is 327 g/mol. The van der Waals surface area contributed by atoms with Crippen molar-refractivity contribution in [2.45, 2.75) is 26.0 Å². The van der Waals surface area contributed by atoms with Gasteiger partial charge in [-0.1, -0.05) is 6.07 Å². The van der Waals surface area contributed by atoms with Gasteiger partial charge in [0, 0.05) is 38.8 Å². The van der Waals surface area contributed by atoms with Gasteiger partial charge < -0.3 is 20.7 Å². The van der Waals surface area contributed by atoms with Crippen LogP contribution in [0, 0.1) is 0 Å². The van der Waals surface area contributed by atoms with Crippen molar-refractivity contribution < 1.29 is 9.53 Å². The van der Waals surface area contributed by atoms with Crippen molar-refractivity contribution in [2.75, 3.05) is 31.1 Å². The zero-order chi connectivity index (χ0) is 14.4. The molecule has 1 fully saturated rings. The highest BCUT2D eigenvalue weighted by atomic mass is 35.5. The Morgan fingerprint density at radius 1 is 1.50 bits per heavy atom. The summed E-state index contributed by atoms with van der Waals surface area (Å²) in [5, 5.41) is 2.81. The lowest BCUT2D eigenvalue weighted by atomic mass is 10.2. The molecule has 22 heavy (non-hydrogen) atoms.